The lowest BCUT2D eigenvalue weighted by Crippen LogP contribution is -2.59. The van der Waals surface area contributed by atoms with E-state index >= 15 is 0 Å². The molecule has 0 bridgehead atoms. The molecule has 1 saturated carbocycles. The molecule has 0 spiro atoms. The number of nitrogens with zero attached hydrogens (tertiary/aromatic N) is 2. The van der Waals surface area contributed by atoms with Gasteiger partial charge in [0.25, 0.3) is 0 Å². The summed E-state index contributed by atoms with van der Waals surface area (Å²) in [6.45, 7) is 6.39. The van der Waals surface area contributed by atoms with Crippen LogP contribution in [0, 0.1) is 5.92 Å². The molecule has 4 aromatic rings. The number of rotatable bonds is 28. The molecular weight excluding hydrogens is 1050 g/mol. The van der Waals surface area contributed by atoms with Gasteiger partial charge in [-0.25, -0.2) is 0 Å². The molecule has 2 saturated heterocycles. The third kappa shape index (κ3) is 17.1. The van der Waals surface area contributed by atoms with E-state index < -0.39 is 72.0 Å². The second kappa shape index (κ2) is 31.8. The molecule has 8 atom stereocenters. The van der Waals surface area contributed by atoms with Crippen molar-refractivity contribution in [2.45, 2.75) is 164 Å². The number of likely N-dealkylation sites (N-methyl/N-ethyl adjacent to an activating group) is 2. The summed E-state index contributed by atoms with van der Waals surface area (Å²) in [5.74, 6) is -4.03. The fourth-order valence-corrected chi connectivity index (χ4v) is 12.0. The van der Waals surface area contributed by atoms with Gasteiger partial charge in [0.15, 0.2) is 0 Å². The van der Waals surface area contributed by atoms with Gasteiger partial charge in [-0.15, -0.1) is 0 Å². The lowest BCUT2D eigenvalue weighted by molar-refractivity contribution is -0.143. The van der Waals surface area contributed by atoms with Crippen LogP contribution in [0.3, 0.4) is 0 Å². The molecule has 0 radical (unpaired) electrons. The third-order valence-electron chi connectivity index (χ3n) is 16.9. The Morgan fingerprint density at radius 1 is 0.422 bits per heavy atom. The molecule has 3 aliphatic rings. The third-order valence-corrected chi connectivity index (χ3v) is 16.9. The summed E-state index contributed by atoms with van der Waals surface area (Å²) in [7, 11) is 3.36. The smallest absolute Gasteiger partial charge is 0.246 e. The predicted octanol–water partition coefficient (Wildman–Crippen LogP) is 5.18. The highest BCUT2D eigenvalue weighted by Gasteiger charge is 2.44. The van der Waals surface area contributed by atoms with E-state index in [-0.39, 0.29) is 41.4 Å². The topological polar surface area (TPSA) is 239 Å². The van der Waals surface area contributed by atoms with Crippen LogP contribution in [0.5, 0.6) is 0 Å². The van der Waals surface area contributed by atoms with E-state index in [1.54, 1.807) is 39.8 Å². The van der Waals surface area contributed by atoms with Crippen molar-refractivity contribution >= 4 is 47.3 Å². The number of hydrogen-bond donors (Lipinski definition) is 8. The maximum atomic E-state index is 14.7. The van der Waals surface area contributed by atoms with Crippen LogP contribution in [0.15, 0.2) is 121 Å². The second-order valence-electron chi connectivity index (χ2n) is 22.6. The normalized spacial score (nSPS) is 18.5. The first kappa shape index (κ1) is 63.1. The molecule has 8 amide bonds. The molecule has 18 heteroatoms. The largest absolute Gasteiger partial charge is 0.354 e. The van der Waals surface area contributed by atoms with E-state index in [1.165, 1.54) is 4.90 Å². The molecule has 83 heavy (non-hydrogen) atoms. The van der Waals surface area contributed by atoms with Crippen molar-refractivity contribution in [2.75, 3.05) is 40.3 Å². The Bertz CT molecular complexity index is 2670. The van der Waals surface area contributed by atoms with Crippen LogP contribution in [0.25, 0.3) is 0 Å². The minimum Gasteiger partial charge on any atom is -0.354 e. The molecule has 18 nitrogen and oxygen atoms in total. The van der Waals surface area contributed by atoms with E-state index in [2.05, 4.69) is 42.5 Å². The van der Waals surface area contributed by atoms with Gasteiger partial charge in [0.2, 0.25) is 47.3 Å². The number of unbranched alkanes of at least 4 members (excludes halogenated alkanes) is 3. The van der Waals surface area contributed by atoms with Gasteiger partial charge in [-0.05, 0) is 114 Å². The number of likely N-dealkylation sites (tertiary alicyclic amines) is 2. The highest BCUT2D eigenvalue weighted by molar-refractivity contribution is 5.97. The zero-order chi connectivity index (χ0) is 59.3. The van der Waals surface area contributed by atoms with Gasteiger partial charge in [0.05, 0.1) is 12.1 Å². The van der Waals surface area contributed by atoms with Crippen molar-refractivity contribution in [3.63, 3.8) is 0 Å². The van der Waals surface area contributed by atoms with Crippen LogP contribution < -0.4 is 42.5 Å². The average Bonchev–Trinajstić information content (AvgIpc) is 4.30. The van der Waals surface area contributed by atoms with Crippen molar-refractivity contribution < 1.29 is 38.4 Å². The molecule has 8 N–H and O–H groups in total. The number of carbonyl (C=O) groups excluding carboxylic acids is 8. The number of nitrogens with one attached hydrogen (secondary N) is 8. The van der Waals surface area contributed by atoms with Gasteiger partial charge in [-0.1, -0.05) is 153 Å². The fraction of sp³-hybridized carbons (Fsp3) is 0.508. The average molecular weight is 1140 g/mol. The van der Waals surface area contributed by atoms with Crippen molar-refractivity contribution in [3.8, 4) is 0 Å². The standard InChI is InChI=1S/C65H88N10O8/c1-43(66-4)58(76)70-45(3)64(82)74-41-25-37-51(74)60(78)72-56(53(46-27-13-8-14-28-46)47-29-15-9-16-30-47)62(80)68-39-23-6-7-24-40-69-63(81)57(54(48-31-17-10-18-32-48)49-33-19-11-20-34-49)73-61(79)52-38-26-42-75(52)65(83)55(50-35-21-12-22-36-50)71-59(77)44(2)67-5/h8-11,13-20,27-34,43-45,50-57,66-67H,6-7,12,21-26,35-42H2,1-5H3,(H,68,80)(H,69,81)(H,70,76)(H,71,77)(H,72,78)(H,73,79)/t43-,44-,45-,51-,52-,55-,56-,57-/m0/s1. The SMILES string of the molecule is CN[C@@H](C)C(=O)N[C@@H](C)C(=O)N1CCC[C@H]1C(=O)N[C@H](C(=O)NCCCCCCNC(=O)[C@@H](NC(=O)[C@@H]1CCCN1C(=O)[C@@H](NC(=O)[C@H](C)NC)C1CCCCC1)C(c1ccccc1)c1ccccc1)C(c1ccccc1)c1ccccc1. The van der Waals surface area contributed by atoms with Gasteiger partial charge < -0.3 is 52.3 Å². The fourth-order valence-electron chi connectivity index (χ4n) is 12.0. The van der Waals surface area contributed by atoms with Gasteiger partial charge in [-0.2, -0.15) is 0 Å². The zero-order valence-corrected chi connectivity index (χ0v) is 49.1. The van der Waals surface area contributed by atoms with Crippen LogP contribution in [0.2, 0.25) is 0 Å². The molecule has 2 aliphatic heterocycles. The zero-order valence-electron chi connectivity index (χ0n) is 49.1. The predicted molar refractivity (Wildman–Crippen MR) is 320 cm³/mol. The summed E-state index contributed by atoms with van der Waals surface area (Å²) in [6, 6.07) is 31.9. The quantitative estimate of drug-likeness (QED) is 0.0347. The molecule has 446 valence electrons. The molecule has 4 aromatic carbocycles. The van der Waals surface area contributed by atoms with E-state index in [0.717, 1.165) is 54.4 Å². The first-order chi connectivity index (χ1) is 40.2. The Morgan fingerprint density at radius 3 is 1.18 bits per heavy atom. The Morgan fingerprint density at radius 2 is 0.795 bits per heavy atom. The number of amides is 8. The van der Waals surface area contributed by atoms with Crippen molar-refractivity contribution in [1.29, 1.82) is 0 Å². The number of hydrogen-bond acceptors (Lipinski definition) is 10. The molecule has 2 heterocycles. The molecule has 3 fully saturated rings. The summed E-state index contributed by atoms with van der Waals surface area (Å²) >= 11 is 0. The Hall–Kier alpha value is -7.44. The maximum absolute atomic E-state index is 14.7. The Labute approximate surface area is 490 Å². The molecule has 1 aliphatic carbocycles. The van der Waals surface area contributed by atoms with Crippen molar-refractivity contribution in [3.05, 3.63) is 144 Å². The van der Waals surface area contributed by atoms with E-state index in [9.17, 15) is 38.4 Å². The number of benzene rings is 4. The summed E-state index contributed by atoms with van der Waals surface area (Å²) < 4.78 is 0. The molecule has 7 rings (SSSR count). The summed E-state index contributed by atoms with van der Waals surface area (Å²) in [4.78, 5) is 116. The van der Waals surface area contributed by atoms with Gasteiger partial charge in [0.1, 0.15) is 36.3 Å². The minimum atomic E-state index is -1.05. The monoisotopic (exact) mass is 1140 g/mol. The molecule has 0 aromatic heterocycles. The van der Waals surface area contributed by atoms with E-state index in [4.69, 9.17) is 0 Å². The Kier molecular flexibility index (Phi) is 24.2. The summed E-state index contributed by atoms with van der Waals surface area (Å²) in [5, 5.41) is 24.1. The highest BCUT2D eigenvalue weighted by Crippen LogP contribution is 2.33. The van der Waals surface area contributed by atoms with Crippen molar-refractivity contribution in [1.82, 2.24) is 52.3 Å². The Balaban J connectivity index is 1.000. The maximum Gasteiger partial charge on any atom is 0.246 e. The van der Waals surface area contributed by atoms with Gasteiger partial charge in [0, 0.05) is 38.0 Å². The van der Waals surface area contributed by atoms with Crippen LogP contribution in [-0.2, 0) is 38.4 Å². The first-order valence-corrected chi connectivity index (χ1v) is 30.1. The second-order valence-corrected chi connectivity index (χ2v) is 22.6. The number of carbonyl (C=O) groups is 8. The summed E-state index contributed by atoms with van der Waals surface area (Å²) in [6.07, 6.45) is 9.30. The first-order valence-electron chi connectivity index (χ1n) is 30.1. The lowest BCUT2D eigenvalue weighted by Gasteiger charge is -2.36. The van der Waals surface area contributed by atoms with Crippen LogP contribution >= 0.6 is 0 Å². The van der Waals surface area contributed by atoms with Gasteiger partial charge >= 0.3 is 0 Å². The molecule has 0 unspecified atom stereocenters. The highest BCUT2D eigenvalue weighted by atomic mass is 16.2. The summed E-state index contributed by atoms with van der Waals surface area (Å²) in [5.41, 5.74) is 3.32. The lowest BCUT2D eigenvalue weighted by atomic mass is 9.83. The minimum absolute atomic E-state index is 0.0456. The van der Waals surface area contributed by atoms with Crippen LogP contribution in [0.1, 0.15) is 138 Å². The van der Waals surface area contributed by atoms with Crippen molar-refractivity contribution in [2.24, 2.45) is 5.92 Å². The van der Waals surface area contributed by atoms with Crippen LogP contribution in [-0.4, -0.2) is 146 Å². The van der Waals surface area contributed by atoms with E-state index in [1.807, 2.05) is 121 Å². The van der Waals surface area contributed by atoms with Crippen LogP contribution in [0.4, 0.5) is 0 Å². The van der Waals surface area contributed by atoms with E-state index in [0.29, 0.717) is 77.5 Å². The molecular formula is C65H88N10O8. The van der Waals surface area contributed by atoms with Gasteiger partial charge in [-0.3, -0.25) is 38.4 Å².